The second-order valence-electron chi connectivity index (χ2n) is 4.32. The Balaban J connectivity index is 2.25. The molecule has 0 aliphatic heterocycles. The average molecular weight is 291 g/mol. The van der Waals surface area contributed by atoms with Crippen LogP contribution in [0, 0.1) is 0 Å². The van der Waals surface area contributed by atoms with Gasteiger partial charge in [0.15, 0.2) is 0 Å². The Hall–Kier alpha value is -1.92. The standard InChI is InChI=1S/C14H17N3O2S/c1-2-11-6-8-13(9-7-11)20(18,19)17-14-5-3-4-12(10-15)16-14/h3-9H,2,10,15H2,1H3,(H,16,17). The van der Waals surface area contributed by atoms with Crippen molar-refractivity contribution < 1.29 is 8.42 Å². The number of pyridine rings is 1. The van der Waals surface area contributed by atoms with E-state index in [2.05, 4.69) is 9.71 Å². The second-order valence-corrected chi connectivity index (χ2v) is 6.00. The summed E-state index contributed by atoms with van der Waals surface area (Å²) in [7, 11) is -3.62. The lowest BCUT2D eigenvalue weighted by atomic mass is 10.2. The SMILES string of the molecule is CCc1ccc(S(=O)(=O)Nc2cccc(CN)n2)cc1. The third kappa shape index (κ3) is 3.34. The molecule has 1 aromatic heterocycles. The summed E-state index contributed by atoms with van der Waals surface area (Å²) in [4.78, 5) is 4.34. The number of aromatic nitrogens is 1. The van der Waals surface area contributed by atoms with Gasteiger partial charge in [-0.3, -0.25) is 4.72 Å². The lowest BCUT2D eigenvalue weighted by molar-refractivity contribution is 0.601. The highest BCUT2D eigenvalue weighted by atomic mass is 32.2. The molecule has 0 saturated heterocycles. The molecular formula is C14H17N3O2S. The molecule has 2 aromatic rings. The molecule has 0 fully saturated rings. The molecule has 20 heavy (non-hydrogen) atoms. The number of benzene rings is 1. The molecule has 5 nitrogen and oxygen atoms in total. The third-order valence-electron chi connectivity index (χ3n) is 2.90. The van der Waals surface area contributed by atoms with E-state index in [9.17, 15) is 8.42 Å². The maximum atomic E-state index is 12.2. The van der Waals surface area contributed by atoms with Gasteiger partial charge in [-0.15, -0.1) is 0 Å². The van der Waals surface area contributed by atoms with Crippen molar-refractivity contribution in [3.63, 3.8) is 0 Å². The number of hydrogen-bond donors (Lipinski definition) is 2. The van der Waals surface area contributed by atoms with E-state index in [1.54, 1.807) is 42.5 Å². The van der Waals surface area contributed by atoms with Gasteiger partial charge in [-0.2, -0.15) is 0 Å². The van der Waals surface area contributed by atoms with Gasteiger partial charge in [-0.25, -0.2) is 13.4 Å². The number of hydrogen-bond acceptors (Lipinski definition) is 4. The molecule has 0 saturated carbocycles. The Bertz CT molecular complexity index is 682. The smallest absolute Gasteiger partial charge is 0.263 e. The van der Waals surface area contributed by atoms with Crippen molar-refractivity contribution in [2.24, 2.45) is 5.73 Å². The van der Waals surface area contributed by atoms with Gasteiger partial charge in [0.1, 0.15) is 5.82 Å². The average Bonchev–Trinajstić information content (AvgIpc) is 2.47. The van der Waals surface area contributed by atoms with Crippen molar-refractivity contribution in [1.29, 1.82) is 0 Å². The number of nitrogens with one attached hydrogen (secondary N) is 1. The van der Waals surface area contributed by atoms with Crippen molar-refractivity contribution in [2.75, 3.05) is 4.72 Å². The first-order valence-corrected chi connectivity index (χ1v) is 7.81. The predicted octanol–water partition coefficient (Wildman–Crippen LogP) is 1.90. The van der Waals surface area contributed by atoms with Gasteiger partial charge >= 0.3 is 0 Å². The number of nitrogens with two attached hydrogens (primary N) is 1. The van der Waals surface area contributed by atoms with Gasteiger partial charge in [0.05, 0.1) is 10.6 Å². The molecule has 0 atom stereocenters. The van der Waals surface area contributed by atoms with E-state index < -0.39 is 10.0 Å². The van der Waals surface area contributed by atoms with Gasteiger partial charge in [0, 0.05) is 6.54 Å². The van der Waals surface area contributed by atoms with E-state index in [1.807, 2.05) is 6.92 Å². The van der Waals surface area contributed by atoms with Crippen LogP contribution in [0.25, 0.3) is 0 Å². The zero-order valence-corrected chi connectivity index (χ0v) is 12.0. The van der Waals surface area contributed by atoms with E-state index in [1.165, 1.54) is 0 Å². The zero-order valence-electron chi connectivity index (χ0n) is 11.2. The minimum Gasteiger partial charge on any atom is -0.325 e. The van der Waals surface area contributed by atoms with Crippen LogP contribution < -0.4 is 10.5 Å². The fourth-order valence-corrected chi connectivity index (χ4v) is 2.75. The van der Waals surface area contributed by atoms with E-state index in [0.29, 0.717) is 5.69 Å². The molecule has 1 heterocycles. The summed E-state index contributed by atoms with van der Waals surface area (Å²) in [6.07, 6.45) is 0.869. The maximum Gasteiger partial charge on any atom is 0.263 e. The fraction of sp³-hybridized carbons (Fsp3) is 0.214. The number of anilines is 1. The monoisotopic (exact) mass is 291 g/mol. The molecule has 0 bridgehead atoms. The van der Waals surface area contributed by atoms with Crippen molar-refractivity contribution in [1.82, 2.24) is 4.98 Å². The van der Waals surface area contributed by atoms with Crippen LogP contribution >= 0.6 is 0 Å². The Kier molecular flexibility index (Phi) is 4.36. The van der Waals surface area contributed by atoms with Crippen LogP contribution in [0.1, 0.15) is 18.2 Å². The fourth-order valence-electron chi connectivity index (χ4n) is 1.75. The topological polar surface area (TPSA) is 85.1 Å². The lowest BCUT2D eigenvalue weighted by Crippen LogP contribution is -2.14. The normalized spacial score (nSPS) is 11.3. The van der Waals surface area contributed by atoms with Crippen LogP contribution in [-0.2, 0) is 23.0 Å². The molecule has 2 rings (SSSR count). The second kappa shape index (κ2) is 6.02. The molecule has 6 heteroatoms. The molecule has 0 amide bonds. The van der Waals surface area contributed by atoms with Crippen molar-refractivity contribution >= 4 is 15.8 Å². The summed E-state index contributed by atoms with van der Waals surface area (Å²) in [5, 5.41) is 0. The first-order chi connectivity index (χ1) is 9.55. The summed E-state index contributed by atoms with van der Waals surface area (Å²) in [6, 6.07) is 11.8. The number of nitrogens with zero attached hydrogens (tertiary/aromatic N) is 1. The minimum atomic E-state index is -3.62. The van der Waals surface area contributed by atoms with Crippen LogP contribution in [0.4, 0.5) is 5.82 Å². The highest BCUT2D eigenvalue weighted by Crippen LogP contribution is 2.15. The largest absolute Gasteiger partial charge is 0.325 e. The number of aryl methyl sites for hydroxylation is 1. The Labute approximate surface area is 118 Å². The molecule has 0 aliphatic rings. The zero-order chi connectivity index (χ0) is 14.6. The van der Waals surface area contributed by atoms with E-state index in [-0.39, 0.29) is 17.3 Å². The quantitative estimate of drug-likeness (QED) is 0.881. The lowest BCUT2D eigenvalue weighted by Gasteiger charge is -2.08. The highest BCUT2D eigenvalue weighted by Gasteiger charge is 2.14. The van der Waals surface area contributed by atoms with Gasteiger partial charge in [-0.05, 0) is 36.2 Å². The van der Waals surface area contributed by atoms with Crippen LogP contribution in [0.3, 0.4) is 0 Å². The van der Waals surface area contributed by atoms with Crippen molar-refractivity contribution in [3.05, 3.63) is 53.7 Å². The Morgan fingerprint density at radius 3 is 2.45 bits per heavy atom. The Morgan fingerprint density at radius 2 is 1.85 bits per heavy atom. The minimum absolute atomic E-state index is 0.217. The van der Waals surface area contributed by atoms with Crippen molar-refractivity contribution in [2.45, 2.75) is 24.8 Å². The summed E-state index contributed by atoms with van der Waals surface area (Å²) >= 11 is 0. The number of rotatable bonds is 5. The molecule has 0 spiro atoms. The summed E-state index contributed by atoms with van der Waals surface area (Å²) < 4.78 is 26.9. The predicted molar refractivity (Wildman–Crippen MR) is 78.8 cm³/mol. The molecule has 1 aromatic carbocycles. The van der Waals surface area contributed by atoms with E-state index in [4.69, 9.17) is 5.73 Å². The van der Waals surface area contributed by atoms with Crippen LogP contribution in [0.5, 0.6) is 0 Å². The van der Waals surface area contributed by atoms with Crippen LogP contribution in [0.15, 0.2) is 47.4 Å². The van der Waals surface area contributed by atoms with Gasteiger partial charge in [-0.1, -0.05) is 25.1 Å². The molecule has 0 radical (unpaired) electrons. The van der Waals surface area contributed by atoms with E-state index >= 15 is 0 Å². The first-order valence-electron chi connectivity index (χ1n) is 6.33. The summed E-state index contributed by atoms with van der Waals surface area (Å²) in [5.41, 5.74) is 7.21. The summed E-state index contributed by atoms with van der Waals surface area (Å²) in [5.74, 6) is 0.271. The van der Waals surface area contributed by atoms with Gasteiger partial charge in [0.25, 0.3) is 10.0 Å². The van der Waals surface area contributed by atoms with E-state index in [0.717, 1.165) is 12.0 Å². The third-order valence-corrected chi connectivity index (χ3v) is 4.27. The molecule has 106 valence electrons. The van der Waals surface area contributed by atoms with Gasteiger partial charge in [0.2, 0.25) is 0 Å². The van der Waals surface area contributed by atoms with Crippen LogP contribution in [0.2, 0.25) is 0 Å². The maximum absolute atomic E-state index is 12.2. The van der Waals surface area contributed by atoms with Crippen LogP contribution in [-0.4, -0.2) is 13.4 Å². The number of sulfonamides is 1. The van der Waals surface area contributed by atoms with Crippen molar-refractivity contribution in [3.8, 4) is 0 Å². The molecule has 0 unspecified atom stereocenters. The molecular weight excluding hydrogens is 274 g/mol. The highest BCUT2D eigenvalue weighted by molar-refractivity contribution is 7.92. The summed E-state index contributed by atoms with van der Waals surface area (Å²) in [6.45, 7) is 2.28. The van der Waals surface area contributed by atoms with Gasteiger partial charge < -0.3 is 5.73 Å². The molecule has 3 N–H and O–H groups in total. The first kappa shape index (κ1) is 14.5. The Morgan fingerprint density at radius 1 is 1.15 bits per heavy atom. The molecule has 0 aliphatic carbocycles.